The highest BCUT2D eigenvalue weighted by atomic mass is 16.5. The van der Waals surface area contributed by atoms with Crippen LogP contribution in [0.3, 0.4) is 0 Å². The van der Waals surface area contributed by atoms with Crippen molar-refractivity contribution in [2.45, 2.75) is 12.6 Å². The van der Waals surface area contributed by atoms with Crippen molar-refractivity contribution in [3.63, 3.8) is 0 Å². The Bertz CT molecular complexity index is 1330. The molecule has 158 valence electrons. The second kappa shape index (κ2) is 7.21. The number of rotatable bonds is 3. The van der Waals surface area contributed by atoms with E-state index in [0.29, 0.717) is 30.5 Å². The third-order valence-electron chi connectivity index (χ3n) is 5.81. The van der Waals surface area contributed by atoms with Crippen molar-refractivity contribution in [1.29, 1.82) is 0 Å². The maximum Gasteiger partial charge on any atom is 0.254 e. The molecule has 0 spiro atoms. The normalized spacial score (nSPS) is 15.8. The Labute approximate surface area is 178 Å². The summed E-state index contributed by atoms with van der Waals surface area (Å²) < 4.78 is 12.7. The quantitative estimate of drug-likeness (QED) is 0.544. The lowest BCUT2D eigenvalue weighted by Crippen LogP contribution is -2.36. The molecule has 3 aromatic heterocycles. The predicted molar refractivity (Wildman–Crippen MR) is 116 cm³/mol. The molecule has 0 aliphatic carbocycles. The highest BCUT2D eigenvalue weighted by molar-refractivity contribution is 6.10. The Morgan fingerprint density at radius 3 is 2.90 bits per heavy atom. The number of methoxy groups -OCH3 is 1. The lowest BCUT2D eigenvalue weighted by molar-refractivity contribution is 0.0328. The number of benzene rings is 1. The van der Waals surface area contributed by atoms with Crippen molar-refractivity contribution in [2.75, 3.05) is 26.5 Å². The molecule has 2 N–H and O–H groups in total. The van der Waals surface area contributed by atoms with E-state index in [2.05, 4.69) is 15.1 Å². The molecule has 1 atom stereocenters. The van der Waals surface area contributed by atoms with E-state index in [9.17, 15) is 4.79 Å². The number of fused-ring (bicyclic) bond motifs is 4. The Morgan fingerprint density at radius 1 is 1.26 bits per heavy atom. The van der Waals surface area contributed by atoms with E-state index in [1.165, 1.54) is 0 Å². The number of aryl methyl sites for hydroxylation is 1. The van der Waals surface area contributed by atoms with Gasteiger partial charge in [-0.25, -0.2) is 9.97 Å². The molecule has 9 heteroatoms. The summed E-state index contributed by atoms with van der Waals surface area (Å²) in [7, 11) is 5.20. The highest BCUT2D eigenvalue weighted by Gasteiger charge is 2.29. The number of aromatic nitrogens is 4. The van der Waals surface area contributed by atoms with Crippen LogP contribution in [0.5, 0.6) is 5.88 Å². The van der Waals surface area contributed by atoms with E-state index < -0.39 is 0 Å². The summed E-state index contributed by atoms with van der Waals surface area (Å²) in [5.41, 5.74) is 9.95. The van der Waals surface area contributed by atoms with Crippen molar-refractivity contribution in [3.8, 4) is 5.88 Å². The second-order valence-electron chi connectivity index (χ2n) is 7.60. The molecule has 31 heavy (non-hydrogen) atoms. The number of hydrogen-bond donors (Lipinski definition) is 1. The minimum Gasteiger partial charge on any atom is -0.481 e. The van der Waals surface area contributed by atoms with Crippen molar-refractivity contribution < 1.29 is 14.3 Å². The molecule has 9 nitrogen and oxygen atoms in total. The molecule has 0 saturated carbocycles. The number of carbonyl (C=O) groups is 1. The number of nitrogens with zero attached hydrogens (tertiary/aromatic N) is 5. The smallest absolute Gasteiger partial charge is 0.254 e. The van der Waals surface area contributed by atoms with Crippen LogP contribution in [0.25, 0.3) is 21.8 Å². The first-order chi connectivity index (χ1) is 15.0. The fourth-order valence-corrected chi connectivity index (χ4v) is 4.14. The highest BCUT2D eigenvalue weighted by Crippen LogP contribution is 2.32. The number of pyridine rings is 2. The van der Waals surface area contributed by atoms with E-state index in [1.54, 1.807) is 42.1 Å². The van der Waals surface area contributed by atoms with Gasteiger partial charge in [-0.3, -0.25) is 9.48 Å². The summed E-state index contributed by atoms with van der Waals surface area (Å²) in [5, 5.41) is 5.89. The molecule has 1 amide bonds. The van der Waals surface area contributed by atoms with Gasteiger partial charge >= 0.3 is 0 Å². The summed E-state index contributed by atoms with van der Waals surface area (Å²) in [6, 6.07) is 8.95. The predicted octanol–water partition coefficient (Wildman–Crippen LogP) is 2.45. The zero-order chi connectivity index (χ0) is 21.7. The third-order valence-corrected chi connectivity index (χ3v) is 5.81. The van der Waals surface area contributed by atoms with E-state index in [1.807, 2.05) is 25.2 Å². The number of ether oxygens (including phenoxy) is 2. The zero-order valence-electron chi connectivity index (χ0n) is 17.5. The van der Waals surface area contributed by atoms with Crippen molar-refractivity contribution in [1.82, 2.24) is 24.6 Å². The Kier molecular flexibility index (Phi) is 4.48. The summed E-state index contributed by atoms with van der Waals surface area (Å²) in [6.07, 6.45) is 1.69. The monoisotopic (exact) mass is 418 g/mol. The Hall–Kier alpha value is -3.72. The third kappa shape index (κ3) is 3.05. The molecule has 0 saturated heterocycles. The molecular weight excluding hydrogens is 396 g/mol. The van der Waals surface area contributed by atoms with Gasteiger partial charge in [-0.1, -0.05) is 0 Å². The lowest BCUT2D eigenvalue weighted by Gasteiger charge is -2.32. The molecule has 0 radical (unpaired) electrons. The van der Waals surface area contributed by atoms with Gasteiger partial charge in [-0.05, 0) is 24.3 Å². The fraction of sp³-hybridized carbons (Fsp3) is 0.273. The fourth-order valence-electron chi connectivity index (χ4n) is 4.14. The van der Waals surface area contributed by atoms with Gasteiger partial charge in [-0.15, -0.1) is 0 Å². The summed E-state index contributed by atoms with van der Waals surface area (Å²) >= 11 is 0. The van der Waals surface area contributed by atoms with Gasteiger partial charge in [0.15, 0.2) is 0 Å². The SMILES string of the molecule is COc1ccc2c(n1)COC[C@@H]2N(C)C(=O)c1ccc2nc(N)c3cnn(C)c3c2c1. The van der Waals surface area contributed by atoms with E-state index in [0.717, 1.165) is 33.1 Å². The van der Waals surface area contributed by atoms with Crippen LogP contribution in [0.4, 0.5) is 5.82 Å². The van der Waals surface area contributed by atoms with Crippen molar-refractivity contribution >= 4 is 33.5 Å². The minimum atomic E-state index is -0.244. The number of likely N-dealkylation sites (N-methyl/N-ethyl adjacent to an activating group) is 1. The molecule has 4 heterocycles. The number of carbonyl (C=O) groups excluding carboxylic acids is 1. The van der Waals surface area contributed by atoms with E-state index >= 15 is 0 Å². The minimum absolute atomic E-state index is 0.119. The topological polar surface area (TPSA) is 108 Å². The standard InChI is InChI=1S/C22H22N6O3/c1-27(18-11-31-10-17-13(18)5-7-19(25-17)30-3)22(29)12-4-6-16-14(8-12)20-15(21(23)26-16)9-24-28(20)2/h4-9,18H,10-11H2,1-3H3,(H2,23,26)/t18-/m0/s1. The summed E-state index contributed by atoms with van der Waals surface area (Å²) in [5.74, 6) is 0.829. The van der Waals surface area contributed by atoms with Crippen LogP contribution >= 0.6 is 0 Å². The zero-order valence-corrected chi connectivity index (χ0v) is 17.5. The van der Waals surface area contributed by atoms with Gasteiger partial charge in [0.05, 0.1) is 54.7 Å². The Morgan fingerprint density at radius 2 is 2.10 bits per heavy atom. The van der Waals surface area contributed by atoms with Crippen LogP contribution in [0.1, 0.15) is 27.7 Å². The van der Waals surface area contributed by atoms with Crippen LogP contribution in [0, 0.1) is 0 Å². The van der Waals surface area contributed by atoms with Crippen LogP contribution in [0.15, 0.2) is 36.5 Å². The van der Waals surface area contributed by atoms with E-state index in [4.69, 9.17) is 15.2 Å². The number of anilines is 1. The number of nitrogens with two attached hydrogens (primary N) is 1. The molecule has 5 rings (SSSR count). The summed E-state index contributed by atoms with van der Waals surface area (Å²) in [6.45, 7) is 0.799. The Balaban J connectivity index is 1.54. The number of amides is 1. The van der Waals surface area contributed by atoms with Gasteiger partial charge in [0.2, 0.25) is 5.88 Å². The van der Waals surface area contributed by atoms with Crippen LogP contribution in [-0.2, 0) is 18.4 Å². The first-order valence-corrected chi connectivity index (χ1v) is 9.87. The van der Waals surface area contributed by atoms with Gasteiger partial charge in [0, 0.05) is 36.7 Å². The maximum absolute atomic E-state index is 13.4. The largest absolute Gasteiger partial charge is 0.481 e. The molecular formula is C22H22N6O3. The van der Waals surface area contributed by atoms with Crippen molar-refractivity contribution in [3.05, 3.63) is 53.3 Å². The molecule has 1 aliphatic rings. The summed E-state index contributed by atoms with van der Waals surface area (Å²) in [4.78, 5) is 24.0. The average Bonchev–Trinajstić information content (AvgIpc) is 3.19. The molecule has 0 unspecified atom stereocenters. The van der Waals surface area contributed by atoms with Gasteiger partial charge in [0.1, 0.15) is 5.82 Å². The molecule has 4 aromatic rings. The van der Waals surface area contributed by atoms with Gasteiger partial charge < -0.3 is 20.1 Å². The van der Waals surface area contributed by atoms with Crippen molar-refractivity contribution in [2.24, 2.45) is 7.05 Å². The second-order valence-corrected chi connectivity index (χ2v) is 7.60. The molecule has 0 bridgehead atoms. The molecule has 1 aliphatic heterocycles. The van der Waals surface area contributed by atoms with Gasteiger partial charge in [-0.2, -0.15) is 5.10 Å². The maximum atomic E-state index is 13.4. The lowest BCUT2D eigenvalue weighted by atomic mass is 10.0. The first kappa shape index (κ1) is 19.3. The van der Waals surface area contributed by atoms with Gasteiger partial charge in [0.25, 0.3) is 5.91 Å². The molecule has 0 fully saturated rings. The van der Waals surface area contributed by atoms with E-state index in [-0.39, 0.29) is 11.9 Å². The number of nitrogen functional groups attached to an aromatic ring is 1. The average molecular weight is 418 g/mol. The number of hydrogen-bond acceptors (Lipinski definition) is 7. The first-order valence-electron chi connectivity index (χ1n) is 9.87. The van der Waals surface area contributed by atoms with Crippen LogP contribution in [0.2, 0.25) is 0 Å². The molecule has 1 aromatic carbocycles. The van der Waals surface area contributed by atoms with Crippen LogP contribution < -0.4 is 10.5 Å². The van der Waals surface area contributed by atoms with Crippen LogP contribution in [-0.4, -0.2) is 51.3 Å².